The molecular formula is C24H46N6O4PS+. The fourth-order valence-electron chi connectivity index (χ4n) is 3.68. The van der Waals surface area contributed by atoms with Gasteiger partial charge in [0, 0.05) is 4.57 Å². The van der Waals surface area contributed by atoms with Crippen LogP contribution in [0.1, 0.15) is 84.5 Å². The average Bonchev–Trinajstić information content (AvgIpc) is 3.25. The van der Waals surface area contributed by atoms with Gasteiger partial charge in [-0.3, -0.25) is 0 Å². The van der Waals surface area contributed by atoms with E-state index in [4.69, 9.17) is 19.5 Å². The molecule has 0 saturated carbocycles. The molecule has 1 unspecified atom stereocenters. The molecule has 12 heteroatoms. The third kappa shape index (κ3) is 13.8. The number of ether oxygens (including phenoxy) is 1. The van der Waals surface area contributed by atoms with Crippen LogP contribution in [-0.2, 0) is 24.9 Å². The molecule has 0 aliphatic heterocycles. The van der Waals surface area contributed by atoms with Gasteiger partial charge in [0.15, 0.2) is 11.5 Å². The van der Waals surface area contributed by atoms with Gasteiger partial charge in [0.1, 0.15) is 18.5 Å². The molecule has 0 aliphatic carbocycles. The molecule has 0 radical (unpaired) electrons. The van der Waals surface area contributed by atoms with E-state index in [-0.39, 0.29) is 19.0 Å². The van der Waals surface area contributed by atoms with Crippen LogP contribution in [0.4, 0.5) is 5.82 Å². The molecule has 2 atom stereocenters. The highest BCUT2D eigenvalue weighted by Gasteiger charge is 2.21. The zero-order valence-corrected chi connectivity index (χ0v) is 23.8. The molecule has 0 aliphatic rings. The minimum Gasteiger partial charge on any atom is -0.382 e. The van der Waals surface area contributed by atoms with Crippen molar-refractivity contribution in [2.75, 3.05) is 30.6 Å². The van der Waals surface area contributed by atoms with Crippen molar-refractivity contribution in [3.8, 4) is 0 Å². The maximum Gasteiger partial charge on any atom is 0.699 e. The maximum absolute atomic E-state index is 11.9. The van der Waals surface area contributed by atoms with Gasteiger partial charge in [-0.15, -0.1) is 4.52 Å². The summed E-state index contributed by atoms with van der Waals surface area (Å²) in [6.07, 6.45) is 17.4. The topological polar surface area (TPSA) is 149 Å². The Kier molecular flexibility index (Phi) is 18.8. The Morgan fingerprint density at radius 1 is 0.972 bits per heavy atom. The van der Waals surface area contributed by atoms with Crippen LogP contribution in [0.15, 0.2) is 12.7 Å². The number of aromatic nitrogens is 4. The second kappa shape index (κ2) is 20.7. The number of unbranched alkanes of at least 4 members (excludes halogenated alkanes) is 9. The molecular weight excluding hydrogens is 499 g/mol. The summed E-state index contributed by atoms with van der Waals surface area (Å²) in [6, 6.07) is 0. The van der Waals surface area contributed by atoms with E-state index in [0.717, 1.165) is 12.2 Å². The first kappa shape index (κ1) is 32.7. The molecule has 0 fully saturated rings. The predicted octanol–water partition coefficient (Wildman–Crippen LogP) is 6.67. The minimum atomic E-state index is -2.18. The van der Waals surface area contributed by atoms with Crippen LogP contribution in [0.2, 0.25) is 0 Å². The summed E-state index contributed by atoms with van der Waals surface area (Å²) in [5.41, 5.74) is 7.01. The van der Waals surface area contributed by atoms with E-state index >= 15 is 0 Å². The fraction of sp³-hybridized carbons (Fsp3) is 0.792. The zero-order chi connectivity index (χ0) is 25.1. The first-order valence-electron chi connectivity index (χ1n) is 13.0. The molecule has 0 aromatic carbocycles. The minimum absolute atomic E-state index is 0. The Morgan fingerprint density at radius 3 is 2.36 bits per heavy atom. The van der Waals surface area contributed by atoms with E-state index in [9.17, 15) is 4.57 Å². The smallest absolute Gasteiger partial charge is 0.382 e. The SMILES string of the molecule is CCCCCCCCCCCCSCCCO[P+](=O)OCO[C@H](C)Cn1cnc2c(N)ncnc21.N. The van der Waals surface area contributed by atoms with Crippen molar-refractivity contribution >= 4 is 37.0 Å². The Balaban J connectivity index is 0.00000648. The Morgan fingerprint density at radius 2 is 1.64 bits per heavy atom. The summed E-state index contributed by atoms with van der Waals surface area (Å²) in [6.45, 7) is 4.98. The normalized spacial score (nSPS) is 12.6. The maximum atomic E-state index is 11.9. The van der Waals surface area contributed by atoms with E-state index in [1.165, 1.54) is 76.3 Å². The second-order valence-electron chi connectivity index (χ2n) is 8.76. The van der Waals surface area contributed by atoms with Crippen molar-refractivity contribution in [3.05, 3.63) is 12.7 Å². The number of hydrogen-bond donors (Lipinski definition) is 2. The Labute approximate surface area is 221 Å². The molecule has 2 aromatic rings. The van der Waals surface area contributed by atoms with Gasteiger partial charge >= 0.3 is 8.25 Å². The second-order valence-corrected chi connectivity index (χ2v) is 10.9. The number of rotatable bonds is 22. The number of imidazole rings is 1. The molecule has 206 valence electrons. The van der Waals surface area contributed by atoms with Crippen LogP contribution in [0, 0.1) is 0 Å². The van der Waals surface area contributed by atoms with Crippen molar-refractivity contribution in [1.82, 2.24) is 25.7 Å². The fourth-order valence-corrected chi connectivity index (χ4v) is 5.12. The summed E-state index contributed by atoms with van der Waals surface area (Å²) in [7, 11) is -2.18. The van der Waals surface area contributed by atoms with Gasteiger partial charge in [-0.2, -0.15) is 11.8 Å². The summed E-state index contributed by atoms with van der Waals surface area (Å²) in [5.74, 6) is 2.55. The molecule has 2 heterocycles. The van der Waals surface area contributed by atoms with Crippen molar-refractivity contribution in [2.45, 2.75) is 97.1 Å². The van der Waals surface area contributed by atoms with Gasteiger partial charge in [-0.1, -0.05) is 69.2 Å². The van der Waals surface area contributed by atoms with Crippen LogP contribution in [0.25, 0.3) is 11.2 Å². The number of fused-ring (bicyclic) bond motifs is 1. The van der Waals surface area contributed by atoms with Gasteiger partial charge < -0.3 is 21.2 Å². The highest BCUT2D eigenvalue weighted by Crippen LogP contribution is 2.24. The third-order valence-electron chi connectivity index (χ3n) is 5.67. The number of nitrogen functional groups attached to an aromatic ring is 1. The van der Waals surface area contributed by atoms with Crippen molar-refractivity contribution in [3.63, 3.8) is 0 Å². The molecule has 2 aromatic heterocycles. The molecule has 5 N–H and O–H groups in total. The number of thioether (sulfide) groups is 1. The quantitative estimate of drug-likeness (QED) is 0.0933. The van der Waals surface area contributed by atoms with Gasteiger partial charge in [0.25, 0.3) is 0 Å². The standard InChI is InChI=1S/C24H43N5O4PS.H3N/c1-3-4-5-6-7-8-9-10-11-12-15-35-16-13-14-32-34(30)33-20-31-21(2)17-29-19-28-22-23(25)26-18-27-24(22)29;/h18-19,21H,3-17,20H2,1-2H3,(H2,25,26,27);1H3/q+1;/t21-;/m1./s1. The summed E-state index contributed by atoms with van der Waals surface area (Å²) in [5, 5.41) is 0. The van der Waals surface area contributed by atoms with Crippen LogP contribution in [0.3, 0.4) is 0 Å². The predicted molar refractivity (Wildman–Crippen MR) is 149 cm³/mol. The lowest BCUT2D eigenvalue weighted by Gasteiger charge is -2.11. The van der Waals surface area contributed by atoms with Gasteiger partial charge in [-0.25, -0.2) is 15.0 Å². The molecule has 0 spiro atoms. The van der Waals surface area contributed by atoms with Crippen LogP contribution in [0.5, 0.6) is 0 Å². The molecule has 0 amide bonds. The van der Waals surface area contributed by atoms with Crippen molar-refractivity contribution < 1.29 is 18.3 Å². The van der Waals surface area contributed by atoms with E-state index < -0.39 is 8.25 Å². The van der Waals surface area contributed by atoms with Crippen LogP contribution >= 0.6 is 20.0 Å². The number of anilines is 1. The van der Waals surface area contributed by atoms with Gasteiger partial charge in [-0.05, 0) is 31.3 Å². The Hall–Kier alpha value is -1.36. The van der Waals surface area contributed by atoms with Crippen LogP contribution in [-0.4, -0.2) is 50.5 Å². The van der Waals surface area contributed by atoms with Gasteiger partial charge in [0.05, 0.1) is 19.0 Å². The lowest BCUT2D eigenvalue weighted by atomic mass is 10.1. The third-order valence-corrected chi connectivity index (χ3v) is 7.53. The highest BCUT2D eigenvalue weighted by molar-refractivity contribution is 7.99. The zero-order valence-electron chi connectivity index (χ0n) is 22.1. The summed E-state index contributed by atoms with van der Waals surface area (Å²) >= 11 is 1.94. The van der Waals surface area contributed by atoms with Gasteiger partial charge in [0.2, 0.25) is 6.79 Å². The molecule has 0 saturated heterocycles. The number of nitrogens with zero attached hydrogens (tertiary/aromatic N) is 4. The number of nitrogens with two attached hydrogens (primary N) is 1. The summed E-state index contributed by atoms with van der Waals surface area (Å²) in [4.78, 5) is 12.4. The molecule has 36 heavy (non-hydrogen) atoms. The first-order valence-corrected chi connectivity index (χ1v) is 15.2. The lowest BCUT2D eigenvalue weighted by Crippen LogP contribution is -2.17. The van der Waals surface area contributed by atoms with E-state index in [0.29, 0.717) is 30.1 Å². The van der Waals surface area contributed by atoms with Crippen LogP contribution < -0.4 is 11.9 Å². The van der Waals surface area contributed by atoms with Crippen molar-refractivity contribution in [2.24, 2.45) is 0 Å². The molecule has 0 bridgehead atoms. The first-order chi connectivity index (χ1) is 17.1. The largest absolute Gasteiger partial charge is 0.699 e. The van der Waals surface area contributed by atoms with Crippen molar-refractivity contribution in [1.29, 1.82) is 0 Å². The van der Waals surface area contributed by atoms with E-state index in [2.05, 4.69) is 21.9 Å². The van der Waals surface area contributed by atoms with E-state index in [1.54, 1.807) is 6.33 Å². The summed E-state index contributed by atoms with van der Waals surface area (Å²) < 4.78 is 29.7. The average molecular weight is 546 g/mol. The molecule has 10 nitrogen and oxygen atoms in total. The lowest BCUT2D eigenvalue weighted by molar-refractivity contribution is -0.0367. The molecule has 2 rings (SSSR count). The highest BCUT2D eigenvalue weighted by atomic mass is 32.2. The Bertz CT molecular complexity index is 844. The monoisotopic (exact) mass is 545 g/mol. The number of hydrogen-bond acceptors (Lipinski definition) is 10. The van der Waals surface area contributed by atoms with E-state index in [1.807, 2.05) is 23.3 Å².